The van der Waals surface area contributed by atoms with Crippen LogP contribution in [0.3, 0.4) is 0 Å². The van der Waals surface area contributed by atoms with Crippen LogP contribution in [0.2, 0.25) is 0 Å². The topological polar surface area (TPSA) is 42.3 Å². The fraction of sp³-hybridized carbons (Fsp3) is 0.200. The van der Waals surface area contributed by atoms with Crippen molar-refractivity contribution in [2.75, 3.05) is 6.54 Å². The van der Waals surface area contributed by atoms with E-state index >= 15 is 0 Å². The number of halogens is 2. The van der Waals surface area contributed by atoms with Gasteiger partial charge in [-0.2, -0.15) is 0 Å². The van der Waals surface area contributed by atoms with Gasteiger partial charge in [0.2, 0.25) is 0 Å². The van der Waals surface area contributed by atoms with Crippen molar-refractivity contribution in [1.82, 2.24) is 9.47 Å². The standard InChI is InChI=1S/C15H12F2N2O2/c16-12-3-1-10(7-13(12)17)8-18-5-6-19-11(9-20)2-4-14(19)15(18)21/h1-4,7,9H,5-6,8H2. The Morgan fingerprint density at radius 1 is 1.10 bits per heavy atom. The zero-order valence-electron chi connectivity index (χ0n) is 11.1. The van der Waals surface area contributed by atoms with Gasteiger partial charge in [-0.1, -0.05) is 6.07 Å². The summed E-state index contributed by atoms with van der Waals surface area (Å²) < 4.78 is 27.8. The highest BCUT2D eigenvalue weighted by Crippen LogP contribution is 2.19. The third kappa shape index (κ3) is 2.33. The molecule has 0 saturated carbocycles. The van der Waals surface area contributed by atoms with Gasteiger partial charge in [0.15, 0.2) is 17.9 Å². The van der Waals surface area contributed by atoms with Gasteiger partial charge in [0.1, 0.15) is 5.69 Å². The molecule has 0 bridgehead atoms. The molecule has 3 rings (SSSR count). The number of carbonyl (C=O) groups is 2. The number of hydrogen-bond donors (Lipinski definition) is 0. The molecule has 0 fully saturated rings. The number of amides is 1. The normalized spacial score (nSPS) is 14.2. The Morgan fingerprint density at radius 2 is 1.90 bits per heavy atom. The summed E-state index contributed by atoms with van der Waals surface area (Å²) in [6.45, 7) is 1.13. The zero-order valence-corrected chi connectivity index (χ0v) is 11.1. The molecule has 21 heavy (non-hydrogen) atoms. The molecule has 0 spiro atoms. The minimum absolute atomic E-state index is 0.206. The second kappa shape index (κ2) is 5.12. The molecule has 0 atom stereocenters. The van der Waals surface area contributed by atoms with E-state index in [9.17, 15) is 18.4 Å². The van der Waals surface area contributed by atoms with Gasteiger partial charge in [0.05, 0.1) is 5.69 Å². The van der Waals surface area contributed by atoms with E-state index < -0.39 is 11.6 Å². The van der Waals surface area contributed by atoms with Gasteiger partial charge in [0.25, 0.3) is 5.91 Å². The number of nitrogens with zero attached hydrogens (tertiary/aromatic N) is 2. The minimum atomic E-state index is -0.927. The summed E-state index contributed by atoms with van der Waals surface area (Å²) in [6, 6.07) is 6.79. The van der Waals surface area contributed by atoms with Crippen molar-refractivity contribution >= 4 is 12.2 Å². The fourth-order valence-electron chi connectivity index (χ4n) is 2.52. The summed E-state index contributed by atoms with van der Waals surface area (Å²) >= 11 is 0. The Hall–Kier alpha value is -2.50. The van der Waals surface area contributed by atoms with Crippen LogP contribution in [-0.4, -0.2) is 28.2 Å². The molecule has 108 valence electrons. The second-order valence-corrected chi connectivity index (χ2v) is 4.89. The Morgan fingerprint density at radius 3 is 2.62 bits per heavy atom. The summed E-state index contributed by atoms with van der Waals surface area (Å²) in [5.41, 5.74) is 1.43. The summed E-state index contributed by atoms with van der Waals surface area (Å²) in [5, 5.41) is 0. The van der Waals surface area contributed by atoms with E-state index in [1.54, 1.807) is 21.6 Å². The molecule has 1 aliphatic heterocycles. The van der Waals surface area contributed by atoms with Crippen LogP contribution in [0.1, 0.15) is 26.5 Å². The third-order valence-electron chi connectivity index (χ3n) is 3.59. The third-order valence-corrected chi connectivity index (χ3v) is 3.59. The van der Waals surface area contributed by atoms with Crippen LogP contribution in [0.25, 0.3) is 0 Å². The summed E-state index contributed by atoms with van der Waals surface area (Å²) in [4.78, 5) is 24.7. The van der Waals surface area contributed by atoms with Crippen LogP contribution < -0.4 is 0 Å². The minimum Gasteiger partial charge on any atom is -0.333 e. The largest absolute Gasteiger partial charge is 0.333 e. The molecule has 1 amide bonds. The van der Waals surface area contributed by atoms with Gasteiger partial charge in [-0.05, 0) is 29.8 Å². The van der Waals surface area contributed by atoms with E-state index in [2.05, 4.69) is 0 Å². The number of aromatic nitrogens is 1. The van der Waals surface area contributed by atoms with Crippen LogP contribution in [0.4, 0.5) is 8.78 Å². The van der Waals surface area contributed by atoms with Gasteiger partial charge in [-0.25, -0.2) is 8.78 Å². The van der Waals surface area contributed by atoms with Crippen molar-refractivity contribution in [3.8, 4) is 0 Å². The molecule has 4 nitrogen and oxygen atoms in total. The molecule has 0 radical (unpaired) electrons. The van der Waals surface area contributed by atoms with Crippen molar-refractivity contribution in [3.05, 3.63) is 58.9 Å². The first-order valence-corrected chi connectivity index (χ1v) is 6.48. The van der Waals surface area contributed by atoms with Gasteiger partial charge in [-0.3, -0.25) is 9.59 Å². The van der Waals surface area contributed by atoms with Gasteiger partial charge >= 0.3 is 0 Å². The molecule has 2 aromatic rings. The van der Waals surface area contributed by atoms with Gasteiger partial charge in [0, 0.05) is 19.6 Å². The average Bonchev–Trinajstić information content (AvgIpc) is 2.89. The summed E-state index contributed by atoms with van der Waals surface area (Å²) in [7, 11) is 0. The highest BCUT2D eigenvalue weighted by atomic mass is 19.2. The Balaban J connectivity index is 1.83. The zero-order chi connectivity index (χ0) is 15.0. The maximum atomic E-state index is 13.2. The number of fused-ring (bicyclic) bond motifs is 1. The van der Waals surface area contributed by atoms with E-state index in [-0.39, 0.29) is 12.5 Å². The van der Waals surface area contributed by atoms with Crippen molar-refractivity contribution in [2.24, 2.45) is 0 Å². The van der Waals surface area contributed by atoms with Gasteiger partial charge < -0.3 is 9.47 Å². The van der Waals surface area contributed by atoms with Crippen LogP contribution in [-0.2, 0) is 13.1 Å². The maximum Gasteiger partial charge on any atom is 0.270 e. The highest BCUT2D eigenvalue weighted by Gasteiger charge is 2.26. The first kappa shape index (κ1) is 13.5. The number of benzene rings is 1. The lowest BCUT2D eigenvalue weighted by molar-refractivity contribution is 0.0689. The van der Waals surface area contributed by atoms with Crippen LogP contribution in [0.15, 0.2) is 30.3 Å². The van der Waals surface area contributed by atoms with Crippen molar-refractivity contribution in [2.45, 2.75) is 13.1 Å². The molecule has 0 saturated heterocycles. The van der Waals surface area contributed by atoms with Crippen molar-refractivity contribution < 1.29 is 18.4 Å². The Bertz CT molecular complexity index is 724. The molecule has 2 heterocycles. The molecule has 0 unspecified atom stereocenters. The lowest BCUT2D eigenvalue weighted by Gasteiger charge is -2.29. The summed E-state index contributed by atoms with van der Waals surface area (Å²) in [5.74, 6) is -2.06. The monoisotopic (exact) mass is 290 g/mol. The van der Waals surface area contributed by atoms with Crippen LogP contribution >= 0.6 is 0 Å². The number of carbonyl (C=O) groups excluding carboxylic acids is 2. The summed E-state index contributed by atoms with van der Waals surface area (Å²) in [6.07, 6.45) is 0.710. The number of aldehydes is 1. The molecular formula is C15H12F2N2O2. The first-order chi connectivity index (χ1) is 10.1. The van der Waals surface area contributed by atoms with Gasteiger partial charge in [-0.15, -0.1) is 0 Å². The first-order valence-electron chi connectivity index (χ1n) is 6.48. The molecule has 1 aromatic carbocycles. The fourth-order valence-corrected chi connectivity index (χ4v) is 2.52. The molecule has 0 N–H and O–H groups in total. The van der Waals surface area contributed by atoms with E-state index in [4.69, 9.17) is 0 Å². The van der Waals surface area contributed by atoms with Crippen molar-refractivity contribution in [3.63, 3.8) is 0 Å². The van der Waals surface area contributed by atoms with E-state index in [1.165, 1.54) is 6.07 Å². The predicted octanol–water partition coefficient (Wildman–Crippen LogP) is 2.23. The lowest BCUT2D eigenvalue weighted by Crippen LogP contribution is -2.39. The second-order valence-electron chi connectivity index (χ2n) is 4.89. The quantitative estimate of drug-likeness (QED) is 0.814. The van der Waals surface area contributed by atoms with E-state index in [0.717, 1.165) is 12.1 Å². The molecule has 1 aromatic heterocycles. The van der Waals surface area contributed by atoms with Crippen molar-refractivity contribution in [1.29, 1.82) is 0 Å². The lowest BCUT2D eigenvalue weighted by atomic mass is 10.1. The molecule has 1 aliphatic rings. The average molecular weight is 290 g/mol. The SMILES string of the molecule is O=Cc1ccc2n1CCN(Cc1ccc(F)c(F)c1)C2=O. The van der Waals surface area contributed by atoms with Crippen LogP contribution in [0.5, 0.6) is 0 Å². The predicted molar refractivity (Wildman–Crippen MR) is 70.9 cm³/mol. The highest BCUT2D eigenvalue weighted by molar-refractivity contribution is 5.94. The van der Waals surface area contributed by atoms with E-state index in [1.807, 2.05) is 0 Å². The number of rotatable bonds is 3. The smallest absolute Gasteiger partial charge is 0.270 e. The van der Waals surface area contributed by atoms with Crippen LogP contribution in [0, 0.1) is 11.6 Å². The molecule has 0 aliphatic carbocycles. The Labute approximate surface area is 119 Å². The Kier molecular flexibility index (Phi) is 3.29. The maximum absolute atomic E-state index is 13.2. The van der Waals surface area contributed by atoms with E-state index in [0.29, 0.717) is 36.3 Å². The molecular weight excluding hydrogens is 278 g/mol. The number of hydrogen-bond acceptors (Lipinski definition) is 2. The molecule has 6 heteroatoms.